The number of hydrogen-bond acceptors (Lipinski definition) is 2. The average molecular weight is 255 g/mol. The second-order valence-electron chi connectivity index (χ2n) is 3.81. The van der Waals surface area contributed by atoms with Crippen LogP contribution in [0.15, 0.2) is 28.7 Å². The van der Waals surface area contributed by atoms with Crippen molar-refractivity contribution in [3.8, 4) is 0 Å². The first-order chi connectivity index (χ1) is 6.77. The zero-order valence-corrected chi connectivity index (χ0v) is 9.68. The highest BCUT2D eigenvalue weighted by Gasteiger charge is 2.43. The summed E-state index contributed by atoms with van der Waals surface area (Å²) in [5, 5.41) is 3.52. The summed E-state index contributed by atoms with van der Waals surface area (Å²) < 4.78 is 1.15. The Hall–Kier alpha value is -0.380. The van der Waals surface area contributed by atoms with Crippen LogP contribution in [0.25, 0.3) is 0 Å². The fourth-order valence-electron chi connectivity index (χ4n) is 1.79. The van der Waals surface area contributed by atoms with Crippen molar-refractivity contribution in [2.75, 3.05) is 13.1 Å². The van der Waals surface area contributed by atoms with Gasteiger partial charge in [0.15, 0.2) is 0 Å². The molecule has 0 spiro atoms. The van der Waals surface area contributed by atoms with Gasteiger partial charge in [-0.1, -0.05) is 28.1 Å². The summed E-state index contributed by atoms with van der Waals surface area (Å²) in [6.07, 6.45) is 2.45. The highest BCUT2D eigenvalue weighted by molar-refractivity contribution is 9.10. The molecule has 3 N–H and O–H groups in total. The van der Waals surface area contributed by atoms with Gasteiger partial charge in [0.2, 0.25) is 0 Å². The Bertz CT molecular complexity index is 321. The molecule has 1 fully saturated rings. The molecule has 0 saturated heterocycles. The summed E-state index contributed by atoms with van der Waals surface area (Å²) in [7, 11) is 0. The van der Waals surface area contributed by atoms with E-state index in [2.05, 4.69) is 45.5 Å². The summed E-state index contributed by atoms with van der Waals surface area (Å²) in [6.45, 7) is 1.60. The van der Waals surface area contributed by atoms with Gasteiger partial charge in [-0.05, 0) is 30.5 Å². The van der Waals surface area contributed by atoms with Crippen molar-refractivity contribution in [2.24, 2.45) is 5.73 Å². The zero-order chi connectivity index (χ0) is 10.0. The molecule has 0 amide bonds. The molecule has 76 valence electrons. The highest BCUT2D eigenvalue weighted by atomic mass is 79.9. The van der Waals surface area contributed by atoms with Gasteiger partial charge in [-0.25, -0.2) is 0 Å². The molecule has 3 heteroatoms. The molecule has 1 saturated carbocycles. The maximum absolute atomic E-state index is 5.50. The van der Waals surface area contributed by atoms with E-state index < -0.39 is 0 Å². The van der Waals surface area contributed by atoms with Crippen LogP contribution in [-0.4, -0.2) is 13.1 Å². The lowest BCUT2D eigenvalue weighted by molar-refractivity contribution is 0.527. The summed E-state index contributed by atoms with van der Waals surface area (Å²) in [5.41, 5.74) is 7.10. The molecule has 1 aliphatic carbocycles. The van der Waals surface area contributed by atoms with Crippen molar-refractivity contribution in [3.05, 3.63) is 34.3 Å². The number of rotatable bonds is 4. The van der Waals surface area contributed by atoms with E-state index in [-0.39, 0.29) is 5.54 Å². The molecule has 2 nitrogen and oxygen atoms in total. The maximum atomic E-state index is 5.50. The second kappa shape index (κ2) is 4.01. The maximum Gasteiger partial charge on any atom is 0.0437 e. The number of nitrogens with two attached hydrogens (primary N) is 1. The standard InChI is InChI=1S/C11H15BrN2/c12-10-3-1-2-9(8-10)11(4-5-11)14-7-6-13/h1-3,8,14H,4-7,13H2. The Morgan fingerprint density at radius 2 is 2.21 bits per heavy atom. The molecule has 0 aromatic heterocycles. The van der Waals surface area contributed by atoms with Crippen LogP contribution in [0.1, 0.15) is 18.4 Å². The summed E-state index contributed by atoms with van der Waals surface area (Å²) in [5.74, 6) is 0. The van der Waals surface area contributed by atoms with Crippen LogP contribution < -0.4 is 11.1 Å². The molecule has 1 aromatic rings. The second-order valence-corrected chi connectivity index (χ2v) is 4.72. The smallest absolute Gasteiger partial charge is 0.0437 e. The van der Waals surface area contributed by atoms with Crippen molar-refractivity contribution in [2.45, 2.75) is 18.4 Å². The monoisotopic (exact) mass is 254 g/mol. The van der Waals surface area contributed by atoms with Gasteiger partial charge in [-0.3, -0.25) is 0 Å². The first kappa shape index (κ1) is 10.1. The van der Waals surface area contributed by atoms with Crippen molar-refractivity contribution in [1.29, 1.82) is 0 Å². The van der Waals surface area contributed by atoms with E-state index in [1.165, 1.54) is 18.4 Å². The lowest BCUT2D eigenvalue weighted by Gasteiger charge is -2.17. The molecule has 0 heterocycles. The molecule has 1 aromatic carbocycles. The van der Waals surface area contributed by atoms with E-state index in [4.69, 9.17) is 5.73 Å². The van der Waals surface area contributed by atoms with E-state index in [1.807, 2.05) is 0 Å². The van der Waals surface area contributed by atoms with E-state index in [0.29, 0.717) is 6.54 Å². The van der Waals surface area contributed by atoms with E-state index >= 15 is 0 Å². The minimum absolute atomic E-state index is 0.225. The molecule has 0 atom stereocenters. The van der Waals surface area contributed by atoms with Gasteiger partial charge in [0.05, 0.1) is 0 Å². The molecule has 14 heavy (non-hydrogen) atoms. The Morgan fingerprint density at radius 1 is 1.43 bits per heavy atom. The van der Waals surface area contributed by atoms with Gasteiger partial charge in [-0.2, -0.15) is 0 Å². The molecule has 0 bridgehead atoms. The van der Waals surface area contributed by atoms with Gasteiger partial charge in [0.25, 0.3) is 0 Å². The minimum atomic E-state index is 0.225. The lowest BCUT2D eigenvalue weighted by atomic mass is 10.1. The predicted octanol–water partition coefficient (Wildman–Crippen LogP) is 1.99. The molecule has 0 unspecified atom stereocenters. The van der Waals surface area contributed by atoms with Crippen LogP contribution >= 0.6 is 15.9 Å². The van der Waals surface area contributed by atoms with Crippen LogP contribution in [-0.2, 0) is 5.54 Å². The lowest BCUT2D eigenvalue weighted by Crippen LogP contribution is -2.33. The largest absolute Gasteiger partial charge is 0.329 e. The third-order valence-corrected chi connectivity index (χ3v) is 3.23. The molecule has 0 radical (unpaired) electrons. The number of nitrogens with one attached hydrogen (secondary N) is 1. The molecule has 1 aliphatic rings. The van der Waals surface area contributed by atoms with Gasteiger partial charge < -0.3 is 11.1 Å². The first-order valence-electron chi connectivity index (χ1n) is 4.98. The van der Waals surface area contributed by atoms with E-state index in [1.54, 1.807) is 0 Å². The Labute approximate surface area is 93.0 Å². The normalized spacial score (nSPS) is 18.1. The fraction of sp³-hybridized carbons (Fsp3) is 0.455. The third kappa shape index (κ3) is 2.00. The summed E-state index contributed by atoms with van der Waals surface area (Å²) in [4.78, 5) is 0. The first-order valence-corrected chi connectivity index (χ1v) is 5.77. The van der Waals surface area contributed by atoms with Gasteiger partial charge in [0, 0.05) is 23.1 Å². The SMILES string of the molecule is NCCNC1(c2cccc(Br)c2)CC1. The highest BCUT2D eigenvalue weighted by Crippen LogP contribution is 2.45. The van der Waals surface area contributed by atoms with Crippen molar-refractivity contribution < 1.29 is 0 Å². The number of halogens is 1. The predicted molar refractivity (Wildman–Crippen MR) is 62.1 cm³/mol. The summed E-state index contributed by atoms with van der Waals surface area (Å²) in [6, 6.07) is 8.52. The summed E-state index contributed by atoms with van der Waals surface area (Å²) >= 11 is 3.50. The minimum Gasteiger partial charge on any atom is -0.329 e. The molecular weight excluding hydrogens is 240 g/mol. The Balaban J connectivity index is 2.14. The molecular formula is C11H15BrN2. The van der Waals surface area contributed by atoms with Crippen molar-refractivity contribution in [1.82, 2.24) is 5.32 Å². The van der Waals surface area contributed by atoms with Crippen molar-refractivity contribution in [3.63, 3.8) is 0 Å². The van der Waals surface area contributed by atoms with Gasteiger partial charge in [0.1, 0.15) is 0 Å². The molecule has 0 aliphatic heterocycles. The number of benzene rings is 1. The van der Waals surface area contributed by atoms with Crippen LogP contribution in [0.3, 0.4) is 0 Å². The van der Waals surface area contributed by atoms with E-state index in [0.717, 1.165) is 11.0 Å². The number of hydrogen-bond donors (Lipinski definition) is 2. The van der Waals surface area contributed by atoms with Gasteiger partial charge >= 0.3 is 0 Å². The van der Waals surface area contributed by atoms with Crippen molar-refractivity contribution >= 4 is 15.9 Å². The van der Waals surface area contributed by atoms with Crippen LogP contribution in [0.2, 0.25) is 0 Å². The average Bonchev–Trinajstić information content (AvgIpc) is 2.96. The molecule has 2 rings (SSSR count). The Morgan fingerprint density at radius 3 is 2.79 bits per heavy atom. The quantitative estimate of drug-likeness (QED) is 0.863. The van der Waals surface area contributed by atoms with Crippen LogP contribution in [0, 0.1) is 0 Å². The Kier molecular flexibility index (Phi) is 2.91. The zero-order valence-electron chi connectivity index (χ0n) is 8.09. The van der Waals surface area contributed by atoms with E-state index in [9.17, 15) is 0 Å². The van der Waals surface area contributed by atoms with Gasteiger partial charge in [-0.15, -0.1) is 0 Å². The van der Waals surface area contributed by atoms with Crippen LogP contribution in [0.5, 0.6) is 0 Å². The topological polar surface area (TPSA) is 38.0 Å². The third-order valence-electron chi connectivity index (χ3n) is 2.73. The van der Waals surface area contributed by atoms with Crippen LogP contribution in [0.4, 0.5) is 0 Å². The fourth-order valence-corrected chi connectivity index (χ4v) is 2.19.